The van der Waals surface area contributed by atoms with Crippen molar-refractivity contribution in [1.29, 1.82) is 0 Å². The minimum atomic E-state index is -0.663. The van der Waals surface area contributed by atoms with Crippen molar-refractivity contribution in [2.75, 3.05) is 7.11 Å². The molecule has 74 valence electrons. The molecule has 5 heteroatoms. The normalized spacial score (nSPS) is 9.29. The quantitative estimate of drug-likeness (QED) is 0.588. The molecule has 0 aromatic heterocycles. The van der Waals surface area contributed by atoms with Gasteiger partial charge in [0.15, 0.2) is 11.6 Å². The van der Waals surface area contributed by atoms with Gasteiger partial charge in [0.2, 0.25) is 6.08 Å². The van der Waals surface area contributed by atoms with Crippen LogP contribution in [0.25, 0.3) is 0 Å². The molecule has 0 heterocycles. The molecule has 1 aromatic rings. The van der Waals surface area contributed by atoms with E-state index >= 15 is 0 Å². The van der Waals surface area contributed by atoms with Gasteiger partial charge in [0.1, 0.15) is 5.75 Å². The standard InChI is InChI=1S/C9H8FNO3/c1-14-9-2-6(4-11-5-12)8(13)3-7(9)10/h2-3,13H,4H2,1H3. The maximum absolute atomic E-state index is 13.0. The molecule has 0 unspecified atom stereocenters. The number of methoxy groups -OCH3 is 1. The zero-order valence-corrected chi connectivity index (χ0v) is 7.45. The molecule has 0 aliphatic carbocycles. The van der Waals surface area contributed by atoms with Crippen molar-refractivity contribution in [1.82, 2.24) is 0 Å². The summed E-state index contributed by atoms with van der Waals surface area (Å²) in [5.41, 5.74) is 0.312. The number of rotatable bonds is 3. The number of benzene rings is 1. The number of hydrogen-bond acceptors (Lipinski definition) is 4. The first kappa shape index (κ1) is 10.2. The van der Waals surface area contributed by atoms with Crippen molar-refractivity contribution in [3.63, 3.8) is 0 Å². The highest BCUT2D eigenvalue weighted by Crippen LogP contribution is 2.26. The summed E-state index contributed by atoms with van der Waals surface area (Å²) in [7, 11) is 1.31. The van der Waals surface area contributed by atoms with Crippen molar-refractivity contribution in [2.45, 2.75) is 6.54 Å². The van der Waals surface area contributed by atoms with Crippen LogP contribution in [0.3, 0.4) is 0 Å². The first-order valence-electron chi connectivity index (χ1n) is 3.78. The second-order valence-corrected chi connectivity index (χ2v) is 2.52. The molecular weight excluding hydrogens is 189 g/mol. The van der Waals surface area contributed by atoms with E-state index < -0.39 is 5.82 Å². The zero-order valence-electron chi connectivity index (χ0n) is 7.45. The lowest BCUT2D eigenvalue weighted by Gasteiger charge is -2.05. The molecule has 0 radical (unpaired) electrons. The van der Waals surface area contributed by atoms with Gasteiger partial charge in [-0.2, -0.15) is 0 Å². The van der Waals surface area contributed by atoms with E-state index in [-0.39, 0.29) is 18.0 Å². The number of hydrogen-bond donors (Lipinski definition) is 1. The first-order chi connectivity index (χ1) is 6.69. The van der Waals surface area contributed by atoms with Crippen LogP contribution in [0.1, 0.15) is 5.56 Å². The Hall–Kier alpha value is -1.87. The van der Waals surface area contributed by atoms with Crippen LogP contribution >= 0.6 is 0 Å². The fourth-order valence-corrected chi connectivity index (χ4v) is 0.986. The molecule has 1 N–H and O–H groups in total. The predicted molar refractivity (Wildman–Crippen MR) is 46.4 cm³/mol. The van der Waals surface area contributed by atoms with Crippen LogP contribution in [0.4, 0.5) is 4.39 Å². The summed E-state index contributed by atoms with van der Waals surface area (Å²) in [5.74, 6) is -0.926. The molecule has 0 saturated carbocycles. The van der Waals surface area contributed by atoms with Crippen LogP contribution in [0.15, 0.2) is 17.1 Å². The maximum Gasteiger partial charge on any atom is 0.235 e. The molecule has 14 heavy (non-hydrogen) atoms. The minimum absolute atomic E-state index is 0.00102. The van der Waals surface area contributed by atoms with Gasteiger partial charge in [0.25, 0.3) is 0 Å². The third-order valence-corrected chi connectivity index (χ3v) is 1.67. The van der Waals surface area contributed by atoms with E-state index in [0.717, 1.165) is 6.07 Å². The summed E-state index contributed by atoms with van der Waals surface area (Å²) in [5, 5.41) is 9.25. The van der Waals surface area contributed by atoms with Crippen LogP contribution in [0.2, 0.25) is 0 Å². The van der Waals surface area contributed by atoms with Crippen molar-refractivity contribution in [3.8, 4) is 11.5 Å². The molecule has 0 aliphatic heterocycles. The number of isocyanates is 1. The van der Waals surface area contributed by atoms with E-state index in [0.29, 0.717) is 5.56 Å². The minimum Gasteiger partial charge on any atom is -0.507 e. The number of aromatic hydroxyl groups is 1. The molecule has 4 nitrogen and oxygen atoms in total. The highest BCUT2D eigenvalue weighted by atomic mass is 19.1. The van der Waals surface area contributed by atoms with Gasteiger partial charge in [-0.3, -0.25) is 0 Å². The third kappa shape index (κ3) is 2.08. The number of nitrogens with zero attached hydrogens (tertiary/aromatic N) is 1. The Morgan fingerprint density at radius 2 is 2.36 bits per heavy atom. The predicted octanol–water partition coefficient (Wildman–Crippen LogP) is 1.38. The summed E-state index contributed by atoms with van der Waals surface area (Å²) in [6, 6.07) is 2.19. The number of phenolic OH excluding ortho intramolecular Hbond substituents is 1. The Balaban J connectivity index is 3.10. The molecule has 0 saturated heterocycles. The lowest BCUT2D eigenvalue weighted by molar-refractivity contribution is 0.381. The SMILES string of the molecule is COc1cc(CN=C=O)c(O)cc1F. The average molecular weight is 197 g/mol. The Kier molecular flexibility index (Phi) is 3.20. The Bertz CT molecular complexity index is 386. The molecule has 0 amide bonds. The summed E-state index contributed by atoms with van der Waals surface area (Å²) in [4.78, 5) is 13.1. The molecule has 0 fully saturated rings. The zero-order chi connectivity index (χ0) is 10.6. The van der Waals surface area contributed by atoms with Crippen molar-refractivity contribution in [2.24, 2.45) is 4.99 Å². The van der Waals surface area contributed by atoms with E-state index in [4.69, 9.17) is 4.74 Å². The fraction of sp³-hybridized carbons (Fsp3) is 0.222. The van der Waals surface area contributed by atoms with Crippen molar-refractivity contribution >= 4 is 6.08 Å². The van der Waals surface area contributed by atoms with E-state index in [9.17, 15) is 14.3 Å². The van der Waals surface area contributed by atoms with Crippen LogP contribution < -0.4 is 4.74 Å². The monoisotopic (exact) mass is 197 g/mol. The Morgan fingerprint density at radius 1 is 1.64 bits per heavy atom. The van der Waals surface area contributed by atoms with Gasteiger partial charge >= 0.3 is 0 Å². The number of aliphatic imine (C=N–C) groups is 1. The maximum atomic E-state index is 13.0. The van der Waals surface area contributed by atoms with E-state index in [2.05, 4.69) is 4.99 Å². The second-order valence-electron chi connectivity index (χ2n) is 2.52. The number of carbonyl (C=O) groups excluding carboxylic acids is 1. The van der Waals surface area contributed by atoms with Gasteiger partial charge in [0.05, 0.1) is 13.7 Å². The van der Waals surface area contributed by atoms with Crippen LogP contribution in [-0.2, 0) is 11.3 Å². The van der Waals surface area contributed by atoms with E-state index in [1.54, 1.807) is 0 Å². The van der Waals surface area contributed by atoms with Crippen LogP contribution in [0.5, 0.6) is 11.5 Å². The molecule has 1 rings (SSSR count). The fourth-order valence-electron chi connectivity index (χ4n) is 0.986. The summed E-state index contributed by atoms with van der Waals surface area (Å²) in [6.45, 7) is -0.0496. The van der Waals surface area contributed by atoms with Crippen LogP contribution in [0, 0.1) is 5.82 Å². The number of ether oxygens (including phenoxy) is 1. The molecule has 0 spiro atoms. The highest BCUT2D eigenvalue weighted by Gasteiger charge is 2.08. The van der Waals surface area contributed by atoms with Gasteiger partial charge < -0.3 is 9.84 Å². The summed E-state index contributed by atoms with van der Waals surface area (Å²) >= 11 is 0. The smallest absolute Gasteiger partial charge is 0.235 e. The van der Waals surface area contributed by atoms with Crippen LogP contribution in [-0.4, -0.2) is 18.3 Å². The topological polar surface area (TPSA) is 58.9 Å². The lowest BCUT2D eigenvalue weighted by Crippen LogP contribution is -1.91. The largest absolute Gasteiger partial charge is 0.507 e. The number of phenols is 1. The Labute approximate surface area is 79.7 Å². The van der Waals surface area contributed by atoms with Gasteiger partial charge in [-0.1, -0.05) is 0 Å². The van der Waals surface area contributed by atoms with E-state index in [1.165, 1.54) is 19.3 Å². The third-order valence-electron chi connectivity index (χ3n) is 1.67. The second kappa shape index (κ2) is 4.39. The molecule has 0 atom stereocenters. The molecule has 0 aliphatic rings. The lowest BCUT2D eigenvalue weighted by atomic mass is 10.2. The van der Waals surface area contributed by atoms with Gasteiger partial charge in [0, 0.05) is 11.6 Å². The summed E-state index contributed by atoms with van der Waals surface area (Å²) < 4.78 is 17.7. The van der Waals surface area contributed by atoms with Gasteiger partial charge in [-0.05, 0) is 6.07 Å². The Morgan fingerprint density at radius 3 is 2.93 bits per heavy atom. The highest BCUT2D eigenvalue weighted by molar-refractivity contribution is 5.42. The van der Waals surface area contributed by atoms with Crippen molar-refractivity contribution in [3.05, 3.63) is 23.5 Å². The molecule has 1 aromatic carbocycles. The van der Waals surface area contributed by atoms with E-state index in [1.807, 2.05) is 0 Å². The molecule has 0 bridgehead atoms. The summed E-state index contributed by atoms with van der Waals surface area (Å²) in [6.07, 6.45) is 1.32. The van der Waals surface area contributed by atoms with Gasteiger partial charge in [-0.25, -0.2) is 14.2 Å². The number of halogens is 1. The first-order valence-corrected chi connectivity index (χ1v) is 3.78. The van der Waals surface area contributed by atoms with Gasteiger partial charge in [-0.15, -0.1) is 0 Å². The average Bonchev–Trinajstić information content (AvgIpc) is 2.17. The molecular formula is C9H8FNO3. The van der Waals surface area contributed by atoms with Crippen molar-refractivity contribution < 1.29 is 19.0 Å².